The van der Waals surface area contributed by atoms with E-state index in [0.29, 0.717) is 0 Å². The van der Waals surface area contributed by atoms with Crippen LogP contribution in [0.3, 0.4) is 0 Å². The van der Waals surface area contributed by atoms with Crippen LogP contribution in [-0.4, -0.2) is 4.98 Å². The highest BCUT2D eigenvalue weighted by atomic mass is 32.1. The Morgan fingerprint density at radius 1 is 0.742 bits per heavy atom. The summed E-state index contributed by atoms with van der Waals surface area (Å²) in [5, 5.41) is 3.79. The predicted octanol–water partition coefficient (Wildman–Crippen LogP) is 8.17. The van der Waals surface area contributed by atoms with Crippen LogP contribution in [0.4, 0.5) is 0 Å². The van der Waals surface area contributed by atoms with Gasteiger partial charge in [-0.05, 0) is 23.8 Å². The van der Waals surface area contributed by atoms with Gasteiger partial charge in [0.25, 0.3) is 0 Å². The SMILES string of the molecule is CC1(C)c2c(-c3cc4c(cn3)sc3ccccc34)cccc2-c2oc3ccccc3c21. The summed E-state index contributed by atoms with van der Waals surface area (Å²) in [4.78, 5) is 4.90. The lowest BCUT2D eigenvalue weighted by Crippen LogP contribution is -2.16. The first-order valence-corrected chi connectivity index (χ1v) is 11.4. The molecule has 31 heavy (non-hydrogen) atoms. The smallest absolute Gasteiger partial charge is 0.139 e. The average molecular weight is 418 g/mol. The molecule has 3 heterocycles. The molecule has 0 unspecified atom stereocenters. The number of aromatic nitrogens is 1. The van der Waals surface area contributed by atoms with Crippen molar-refractivity contribution in [2.45, 2.75) is 19.3 Å². The molecule has 1 aliphatic carbocycles. The van der Waals surface area contributed by atoms with Gasteiger partial charge in [-0.2, -0.15) is 0 Å². The van der Waals surface area contributed by atoms with E-state index in [9.17, 15) is 0 Å². The maximum absolute atomic E-state index is 6.36. The maximum atomic E-state index is 6.36. The van der Waals surface area contributed by atoms with Crippen molar-refractivity contribution in [3.05, 3.63) is 90.1 Å². The van der Waals surface area contributed by atoms with Crippen molar-refractivity contribution in [2.24, 2.45) is 0 Å². The number of thiophene rings is 1. The molecule has 3 aromatic heterocycles. The van der Waals surface area contributed by atoms with Crippen molar-refractivity contribution < 1.29 is 4.42 Å². The van der Waals surface area contributed by atoms with E-state index in [4.69, 9.17) is 9.40 Å². The Morgan fingerprint density at radius 3 is 2.42 bits per heavy atom. The van der Waals surface area contributed by atoms with Crippen LogP contribution in [0.2, 0.25) is 0 Å². The van der Waals surface area contributed by atoms with Crippen LogP contribution >= 0.6 is 11.3 Å². The molecule has 1 aliphatic rings. The van der Waals surface area contributed by atoms with E-state index in [1.165, 1.54) is 47.8 Å². The van der Waals surface area contributed by atoms with Gasteiger partial charge in [-0.15, -0.1) is 11.3 Å². The van der Waals surface area contributed by atoms with E-state index in [0.717, 1.165) is 17.0 Å². The molecule has 0 aliphatic heterocycles. The molecular weight excluding hydrogens is 398 g/mol. The normalized spacial score (nSPS) is 14.4. The van der Waals surface area contributed by atoms with Crippen LogP contribution in [0, 0.1) is 0 Å². The van der Waals surface area contributed by atoms with Crippen LogP contribution in [0.1, 0.15) is 25.0 Å². The second-order valence-corrected chi connectivity index (χ2v) is 9.90. The fourth-order valence-corrected chi connectivity index (χ4v) is 6.44. The lowest BCUT2D eigenvalue weighted by atomic mass is 9.78. The summed E-state index contributed by atoms with van der Waals surface area (Å²) in [6.07, 6.45) is 2.03. The van der Waals surface area contributed by atoms with E-state index >= 15 is 0 Å². The molecule has 7 rings (SSSR count). The molecule has 2 nitrogen and oxygen atoms in total. The Kier molecular flexibility index (Phi) is 3.25. The fraction of sp³-hybridized carbons (Fsp3) is 0.107. The molecule has 3 aromatic carbocycles. The molecule has 0 fully saturated rings. The Morgan fingerprint density at radius 2 is 1.52 bits per heavy atom. The minimum atomic E-state index is -0.165. The third-order valence-electron chi connectivity index (χ3n) is 6.70. The minimum absolute atomic E-state index is 0.165. The average Bonchev–Trinajstić information content (AvgIpc) is 3.42. The zero-order chi connectivity index (χ0) is 20.7. The van der Waals surface area contributed by atoms with Gasteiger partial charge >= 0.3 is 0 Å². The van der Waals surface area contributed by atoms with Crippen LogP contribution < -0.4 is 0 Å². The number of para-hydroxylation sites is 1. The molecule has 6 aromatic rings. The number of fused-ring (bicyclic) bond motifs is 8. The van der Waals surface area contributed by atoms with Crippen molar-refractivity contribution >= 4 is 42.5 Å². The van der Waals surface area contributed by atoms with E-state index in [1.807, 2.05) is 12.3 Å². The van der Waals surface area contributed by atoms with Crippen molar-refractivity contribution in [3.8, 4) is 22.6 Å². The van der Waals surface area contributed by atoms with Crippen LogP contribution in [0.5, 0.6) is 0 Å². The highest BCUT2D eigenvalue weighted by Crippen LogP contribution is 2.55. The molecule has 148 valence electrons. The summed E-state index contributed by atoms with van der Waals surface area (Å²) >= 11 is 1.81. The molecule has 0 saturated heterocycles. The molecule has 0 bridgehead atoms. The monoisotopic (exact) mass is 417 g/mol. The summed E-state index contributed by atoms with van der Waals surface area (Å²) < 4.78 is 8.90. The number of pyridine rings is 1. The summed E-state index contributed by atoms with van der Waals surface area (Å²) in [7, 11) is 0. The molecule has 0 spiro atoms. The van der Waals surface area contributed by atoms with Crippen molar-refractivity contribution in [3.63, 3.8) is 0 Å². The summed E-state index contributed by atoms with van der Waals surface area (Å²) in [5.41, 5.74) is 6.78. The Bertz CT molecular complexity index is 1670. The quantitative estimate of drug-likeness (QED) is 0.270. The van der Waals surface area contributed by atoms with Gasteiger partial charge in [0.2, 0.25) is 0 Å². The standard InChI is InChI=1S/C28H19NOS/c1-28(2)25-17(21-14-20-16-8-4-6-13-23(16)31-24(20)15-29-21)10-7-11-19(25)27-26(28)18-9-3-5-12-22(18)30-27/h3-15H,1-2H3. The third-order valence-corrected chi connectivity index (χ3v) is 7.82. The number of nitrogens with zero attached hydrogens (tertiary/aromatic N) is 1. The topological polar surface area (TPSA) is 26.0 Å². The molecule has 0 atom stereocenters. The summed E-state index contributed by atoms with van der Waals surface area (Å²) in [6.45, 7) is 4.61. The zero-order valence-corrected chi connectivity index (χ0v) is 18.1. The third kappa shape index (κ3) is 2.19. The van der Waals surface area contributed by atoms with Gasteiger partial charge in [-0.1, -0.05) is 68.4 Å². The molecular formula is C28H19NOS. The van der Waals surface area contributed by atoms with Gasteiger partial charge in [-0.25, -0.2) is 0 Å². The Labute approximate surface area is 183 Å². The lowest BCUT2D eigenvalue weighted by molar-refractivity contribution is 0.619. The highest BCUT2D eigenvalue weighted by molar-refractivity contribution is 7.25. The van der Waals surface area contributed by atoms with Crippen LogP contribution in [0.25, 0.3) is 53.7 Å². The number of benzene rings is 3. The largest absolute Gasteiger partial charge is 0.456 e. The minimum Gasteiger partial charge on any atom is -0.456 e. The predicted molar refractivity (Wildman–Crippen MR) is 130 cm³/mol. The number of hydrogen-bond acceptors (Lipinski definition) is 3. The zero-order valence-electron chi connectivity index (χ0n) is 17.3. The summed E-state index contributed by atoms with van der Waals surface area (Å²) in [6, 6.07) is 25.8. The van der Waals surface area contributed by atoms with Gasteiger partial charge in [0.05, 0.1) is 10.4 Å². The molecule has 0 N–H and O–H groups in total. The van der Waals surface area contributed by atoms with Gasteiger partial charge in [0.15, 0.2) is 0 Å². The Hall–Kier alpha value is -3.43. The van der Waals surface area contributed by atoms with Crippen LogP contribution in [-0.2, 0) is 5.41 Å². The van der Waals surface area contributed by atoms with E-state index in [-0.39, 0.29) is 5.41 Å². The Balaban J connectivity index is 1.52. The first-order chi connectivity index (χ1) is 15.1. The van der Waals surface area contributed by atoms with Crippen molar-refractivity contribution in [2.75, 3.05) is 0 Å². The number of rotatable bonds is 1. The van der Waals surface area contributed by atoms with Crippen molar-refractivity contribution in [1.82, 2.24) is 4.98 Å². The van der Waals surface area contributed by atoms with E-state index in [2.05, 4.69) is 80.6 Å². The highest BCUT2D eigenvalue weighted by Gasteiger charge is 2.42. The molecule has 0 amide bonds. The number of furan rings is 1. The van der Waals surface area contributed by atoms with Crippen LogP contribution in [0.15, 0.2) is 83.4 Å². The first kappa shape index (κ1) is 17.3. The maximum Gasteiger partial charge on any atom is 0.139 e. The van der Waals surface area contributed by atoms with E-state index in [1.54, 1.807) is 11.3 Å². The van der Waals surface area contributed by atoms with E-state index < -0.39 is 0 Å². The van der Waals surface area contributed by atoms with Gasteiger partial charge in [0.1, 0.15) is 11.3 Å². The number of hydrogen-bond donors (Lipinski definition) is 0. The molecule has 3 heteroatoms. The fourth-order valence-electron chi connectivity index (χ4n) is 5.39. The molecule has 0 radical (unpaired) electrons. The van der Waals surface area contributed by atoms with Gasteiger partial charge in [-0.3, -0.25) is 4.98 Å². The first-order valence-electron chi connectivity index (χ1n) is 10.6. The van der Waals surface area contributed by atoms with Crippen molar-refractivity contribution in [1.29, 1.82) is 0 Å². The lowest BCUT2D eigenvalue weighted by Gasteiger charge is -2.24. The second-order valence-electron chi connectivity index (χ2n) is 8.82. The van der Waals surface area contributed by atoms with Gasteiger partial charge in [0, 0.05) is 49.2 Å². The second kappa shape index (κ2) is 5.83. The summed E-state index contributed by atoms with van der Waals surface area (Å²) in [5.74, 6) is 1.00. The molecule has 0 saturated carbocycles. The van der Waals surface area contributed by atoms with Gasteiger partial charge < -0.3 is 4.42 Å².